The number of rotatable bonds is 2. The molecule has 3 fully saturated rings. The topological polar surface area (TPSA) is 50.8 Å². The summed E-state index contributed by atoms with van der Waals surface area (Å²) in [6.07, 6.45) is 5.31. The fraction of sp³-hybridized carbons (Fsp3) is 0.929. The lowest BCUT2D eigenvalue weighted by atomic mass is 9.55. The van der Waals surface area contributed by atoms with E-state index in [1.54, 1.807) is 0 Å². The van der Waals surface area contributed by atoms with Gasteiger partial charge < -0.3 is 15.4 Å². The molecular weight excluding hydrogens is 226 g/mol. The number of aliphatic imine (C=N–C) groups is 1. The van der Waals surface area contributed by atoms with Gasteiger partial charge in [0.1, 0.15) is 0 Å². The quantitative estimate of drug-likeness (QED) is 0.599. The number of hydrogen-bond donors (Lipinski definition) is 1. The number of ether oxygens (including phenoxy) is 1. The van der Waals surface area contributed by atoms with Crippen molar-refractivity contribution in [1.82, 2.24) is 4.90 Å². The van der Waals surface area contributed by atoms with Crippen LogP contribution in [0.1, 0.15) is 39.5 Å². The average Bonchev–Trinajstić information content (AvgIpc) is 3.19. The molecule has 4 nitrogen and oxygen atoms in total. The van der Waals surface area contributed by atoms with E-state index in [2.05, 4.69) is 25.8 Å². The maximum atomic E-state index is 6.15. The van der Waals surface area contributed by atoms with Crippen molar-refractivity contribution in [3.63, 3.8) is 0 Å². The van der Waals surface area contributed by atoms with Crippen molar-refractivity contribution < 1.29 is 4.74 Å². The Balaban J connectivity index is 1.73. The lowest BCUT2D eigenvalue weighted by molar-refractivity contribution is -0.182. The molecule has 0 radical (unpaired) electrons. The Morgan fingerprint density at radius 1 is 1.33 bits per heavy atom. The zero-order chi connectivity index (χ0) is 12.9. The van der Waals surface area contributed by atoms with E-state index < -0.39 is 0 Å². The minimum absolute atomic E-state index is 0.139. The molecule has 3 atom stereocenters. The molecule has 1 aliphatic heterocycles. The van der Waals surface area contributed by atoms with Gasteiger partial charge in [0.2, 0.25) is 0 Å². The molecule has 0 spiro atoms. The maximum Gasteiger partial charge on any atom is 0.191 e. The molecule has 0 bridgehead atoms. The van der Waals surface area contributed by atoms with Crippen molar-refractivity contribution in [2.45, 2.75) is 57.7 Å². The molecule has 4 heteroatoms. The second kappa shape index (κ2) is 4.12. The van der Waals surface area contributed by atoms with Gasteiger partial charge in [0.15, 0.2) is 5.96 Å². The van der Waals surface area contributed by atoms with E-state index in [0.29, 0.717) is 24.1 Å². The number of fused-ring (bicyclic) bond motifs is 1. The van der Waals surface area contributed by atoms with E-state index >= 15 is 0 Å². The summed E-state index contributed by atoms with van der Waals surface area (Å²) in [5.74, 6) is 1.31. The Bertz CT molecular complexity index is 362. The smallest absolute Gasteiger partial charge is 0.191 e. The lowest BCUT2D eigenvalue weighted by Gasteiger charge is -2.58. The molecule has 1 heterocycles. The molecule has 0 aromatic carbocycles. The third-order valence-corrected chi connectivity index (χ3v) is 5.00. The first kappa shape index (κ1) is 12.3. The minimum atomic E-state index is 0.139. The van der Waals surface area contributed by atoms with Crippen LogP contribution in [0.4, 0.5) is 0 Å². The number of nitrogens with two attached hydrogens (primary N) is 1. The van der Waals surface area contributed by atoms with Crippen molar-refractivity contribution in [1.29, 1.82) is 0 Å². The van der Waals surface area contributed by atoms with Gasteiger partial charge in [0.05, 0.1) is 12.1 Å². The average molecular weight is 251 g/mol. The summed E-state index contributed by atoms with van der Waals surface area (Å²) in [6, 6.07) is 0.972. The zero-order valence-electron chi connectivity index (χ0n) is 11.7. The number of nitrogens with zero attached hydrogens (tertiary/aromatic N) is 2. The Morgan fingerprint density at radius 3 is 2.72 bits per heavy atom. The normalized spacial score (nSPS) is 38.8. The molecule has 2 saturated carbocycles. The van der Waals surface area contributed by atoms with E-state index in [9.17, 15) is 0 Å². The first-order valence-corrected chi connectivity index (χ1v) is 7.19. The lowest BCUT2D eigenvalue weighted by Crippen LogP contribution is -2.64. The Morgan fingerprint density at radius 2 is 2.06 bits per heavy atom. The van der Waals surface area contributed by atoms with Crippen LogP contribution in [0.15, 0.2) is 4.99 Å². The van der Waals surface area contributed by atoms with Gasteiger partial charge in [-0.25, -0.2) is 4.99 Å². The van der Waals surface area contributed by atoms with Crippen molar-refractivity contribution in [3.8, 4) is 0 Å². The van der Waals surface area contributed by atoms with Gasteiger partial charge in [-0.3, -0.25) is 0 Å². The predicted molar refractivity (Wildman–Crippen MR) is 72.4 cm³/mol. The summed E-state index contributed by atoms with van der Waals surface area (Å²) in [5.41, 5.74) is 6.29. The van der Waals surface area contributed by atoms with Crippen LogP contribution in [-0.4, -0.2) is 42.7 Å². The van der Waals surface area contributed by atoms with Gasteiger partial charge in [-0.2, -0.15) is 0 Å². The second-order valence-electron chi connectivity index (χ2n) is 6.69. The molecule has 3 aliphatic rings. The van der Waals surface area contributed by atoms with Crippen LogP contribution in [0.25, 0.3) is 0 Å². The molecule has 1 saturated heterocycles. The van der Waals surface area contributed by atoms with Gasteiger partial charge in [0.25, 0.3) is 0 Å². The summed E-state index contributed by atoms with van der Waals surface area (Å²) in [7, 11) is 2.07. The monoisotopic (exact) mass is 251 g/mol. The molecule has 0 aromatic heterocycles. The third-order valence-electron chi connectivity index (χ3n) is 5.00. The zero-order valence-corrected chi connectivity index (χ0v) is 11.7. The largest absolute Gasteiger partial charge is 0.377 e. The summed E-state index contributed by atoms with van der Waals surface area (Å²) in [4.78, 5) is 6.97. The van der Waals surface area contributed by atoms with Crippen LogP contribution < -0.4 is 5.73 Å². The fourth-order valence-electron chi connectivity index (χ4n) is 3.64. The van der Waals surface area contributed by atoms with Gasteiger partial charge in [0, 0.05) is 31.0 Å². The first-order chi connectivity index (χ1) is 8.51. The molecular formula is C14H25N3O. The first-order valence-electron chi connectivity index (χ1n) is 7.19. The van der Waals surface area contributed by atoms with E-state index in [4.69, 9.17) is 15.5 Å². The maximum absolute atomic E-state index is 6.15. The highest BCUT2D eigenvalue weighted by molar-refractivity contribution is 5.78. The van der Waals surface area contributed by atoms with Crippen LogP contribution in [-0.2, 0) is 4.74 Å². The Labute approximate surface area is 110 Å². The van der Waals surface area contributed by atoms with E-state index in [-0.39, 0.29) is 5.41 Å². The highest BCUT2D eigenvalue weighted by Crippen LogP contribution is 2.53. The van der Waals surface area contributed by atoms with Gasteiger partial charge in [-0.05, 0) is 25.7 Å². The molecule has 3 unspecified atom stereocenters. The summed E-state index contributed by atoms with van der Waals surface area (Å²) in [6.45, 7) is 5.44. The van der Waals surface area contributed by atoms with Crippen LogP contribution >= 0.6 is 0 Å². The molecule has 2 aliphatic carbocycles. The number of guanidine groups is 1. The number of hydrogen-bond acceptors (Lipinski definition) is 2. The van der Waals surface area contributed by atoms with Gasteiger partial charge >= 0.3 is 0 Å². The third kappa shape index (κ3) is 1.81. The van der Waals surface area contributed by atoms with Crippen LogP contribution in [0.5, 0.6) is 0 Å². The van der Waals surface area contributed by atoms with Crippen molar-refractivity contribution in [3.05, 3.63) is 0 Å². The summed E-state index contributed by atoms with van der Waals surface area (Å²) >= 11 is 0. The molecule has 3 rings (SSSR count). The van der Waals surface area contributed by atoms with Crippen molar-refractivity contribution >= 4 is 5.96 Å². The molecule has 18 heavy (non-hydrogen) atoms. The van der Waals surface area contributed by atoms with Crippen molar-refractivity contribution in [2.24, 2.45) is 22.1 Å². The summed E-state index contributed by atoms with van der Waals surface area (Å²) in [5, 5.41) is 0. The summed E-state index contributed by atoms with van der Waals surface area (Å²) < 4.78 is 5.90. The van der Waals surface area contributed by atoms with Crippen LogP contribution in [0.3, 0.4) is 0 Å². The van der Waals surface area contributed by atoms with E-state index in [1.165, 1.54) is 25.7 Å². The molecule has 2 N–H and O–H groups in total. The van der Waals surface area contributed by atoms with Crippen molar-refractivity contribution in [2.75, 3.05) is 13.7 Å². The minimum Gasteiger partial charge on any atom is -0.377 e. The Kier molecular flexibility index (Phi) is 2.81. The SMILES string of the molecule is CN(C(N)=NC1C2CCCOC2C1(C)C)C1CC1. The predicted octanol–water partition coefficient (Wildman–Crippen LogP) is 1.60. The van der Waals surface area contributed by atoms with Crippen LogP contribution in [0, 0.1) is 11.3 Å². The van der Waals surface area contributed by atoms with E-state index in [1.807, 2.05) is 0 Å². The Hall–Kier alpha value is -0.770. The second-order valence-corrected chi connectivity index (χ2v) is 6.69. The van der Waals surface area contributed by atoms with E-state index in [0.717, 1.165) is 12.6 Å². The highest BCUT2D eigenvalue weighted by Gasteiger charge is 2.58. The van der Waals surface area contributed by atoms with Gasteiger partial charge in [-0.15, -0.1) is 0 Å². The standard InChI is InChI=1S/C14H25N3O/c1-14(2)11(10-5-4-8-18-12(10)14)16-13(15)17(3)9-6-7-9/h9-12H,4-8H2,1-3H3,(H2,15,16). The highest BCUT2D eigenvalue weighted by atomic mass is 16.5. The van der Waals surface area contributed by atoms with Crippen LogP contribution in [0.2, 0.25) is 0 Å². The molecule has 0 aromatic rings. The fourth-order valence-corrected chi connectivity index (χ4v) is 3.64. The van der Waals surface area contributed by atoms with Gasteiger partial charge in [-0.1, -0.05) is 13.8 Å². The molecule has 102 valence electrons. The molecule has 0 amide bonds.